The molecule has 3 rings (SSSR count). The van der Waals surface area contributed by atoms with E-state index in [0.717, 1.165) is 6.92 Å². The number of phenols is 2. The van der Waals surface area contributed by atoms with Crippen molar-refractivity contribution in [1.82, 2.24) is 58.1 Å². The fourth-order valence-electron chi connectivity index (χ4n) is 9.20. The lowest BCUT2D eigenvalue weighted by atomic mass is 9.94. The number of phenolic OH excluding ortho intramolecular Hbond substituents is 2. The standard InChI is InChI=1S/C58H85N13O18S4/c1-5-89-47(78)17-16-36(61-4)49(79)50(80)37(20-32-10-14-34(74)15-11-32)65-56(86)41(26-92)69-57(87)42(27-93)68-55(85)38(21-45(60)76)66-58(88)43-7-6-18-71(43)28-64-29(2)44(75)22-62-39(24-90)51(81)52(82)48(30(3)72)70-46(77)23-63-54(84)40(25-91)67-53(83)35(59)19-31-8-12-33(73)13-9-31/h8-15,29-30,35-43,48,61-62,64,72-74,90-93H,5-7,16-28,59H2,1-4H3,(H2,60,76)(H,63,84)(H,65,86)(H,66,88)(H,67,83)(H,68,85)(H,69,87)(H,70,77)/t29-,30+,35-,36?,37-,38-,39-,40-,41-,42-,43-,48-/m0/s1. The number of amides is 8. The number of likely N-dealkylation sites (N-methyl/N-ethyl adjacent to an activating group) is 1. The summed E-state index contributed by atoms with van der Waals surface area (Å²) in [6.07, 6.45) is -2.09. The number of ether oxygens (including phenoxy) is 1. The van der Waals surface area contributed by atoms with Gasteiger partial charge in [0.25, 0.3) is 0 Å². The number of likely N-dealkylation sites (tertiary alicyclic amines) is 1. The molecule has 0 saturated carbocycles. The van der Waals surface area contributed by atoms with Gasteiger partial charge in [0.2, 0.25) is 70.4 Å². The van der Waals surface area contributed by atoms with Crippen LogP contribution in [0.4, 0.5) is 0 Å². The molecule has 1 aliphatic rings. The number of aliphatic hydroxyl groups excluding tert-OH is 1. The molecule has 12 atom stereocenters. The van der Waals surface area contributed by atoms with Crippen molar-refractivity contribution < 1.29 is 87.2 Å². The number of benzene rings is 2. The number of rotatable bonds is 43. The van der Waals surface area contributed by atoms with Crippen LogP contribution in [0.2, 0.25) is 0 Å². The Balaban J connectivity index is 1.58. The Bertz CT molecular complexity index is 2950. The van der Waals surface area contributed by atoms with Gasteiger partial charge in [0.15, 0.2) is 5.78 Å². The van der Waals surface area contributed by atoms with E-state index in [9.17, 15) is 82.4 Å². The average molecular weight is 1380 g/mol. The van der Waals surface area contributed by atoms with Gasteiger partial charge < -0.3 is 74.1 Å². The SMILES string of the molecule is CCOC(=O)CCC(NC)C(=O)C(=O)[C@H](Cc1ccc(O)cc1)NC(=O)[C@H](CS)NC(=O)[C@H](CS)NC(=O)[C@H](CC(N)=O)NC(=O)[C@@H]1CCCN1CN[C@@H](C)C(=O)CN[C@@H](CS)C(=O)C(=O)[C@@H](NC(=O)CNC(=O)[C@H](CS)NC(=O)[C@@H](N)Cc1ccc(O)cc1)[C@@H](C)O. The Morgan fingerprint density at radius 3 is 1.62 bits per heavy atom. The molecule has 2 aromatic carbocycles. The molecule has 1 heterocycles. The Morgan fingerprint density at radius 1 is 0.613 bits per heavy atom. The Kier molecular flexibility index (Phi) is 35.1. The van der Waals surface area contributed by atoms with Crippen LogP contribution < -0.4 is 64.6 Å². The first-order valence-electron chi connectivity index (χ1n) is 29.6. The third-order valence-corrected chi connectivity index (χ3v) is 16.1. The molecule has 2 aromatic rings. The highest BCUT2D eigenvalue weighted by molar-refractivity contribution is 7.80. The molecule has 0 aromatic heterocycles. The average Bonchev–Trinajstić information content (AvgIpc) is 1.89. The molecule has 0 aliphatic carbocycles. The van der Waals surface area contributed by atoms with Gasteiger partial charge in [-0.15, -0.1) is 0 Å². The molecule has 31 nitrogen and oxygen atoms in total. The number of nitrogens with zero attached hydrogens (tertiary/aromatic N) is 1. The van der Waals surface area contributed by atoms with Gasteiger partial charge in [-0.1, -0.05) is 24.3 Å². The minimum atomic E-state index is -1.80. The second kappa shape index (κ2) is 40.8. The Hall–Kier alpha value is -7.22. The van der Waals surface area contributed by atoms with Crippen molar-refractivity contribution in [2.45, 2.75) is 138 Å². The summed E-state index contributed by atoms with van der Waals surface area (Å²) in [7, 11) is 1.41. The summed E-state index contributed by atoms with van der Waals surface area (Å²) in [6.45, 7) is 3.33. The van der Waals surface area contributed by atoms with Crippen molar-refractivity contribution in [3.8, 4) is 11.5 Å². The van der Waals surface area contributed by atoms with E-state index >= 15 is 0 Å². The van der Waals surface area contributed by atoms with Crippen molar-refractivity contribution in [2.75, 3.05) is 63.0 Å². The normalized spacial score (nSPS) is 16.5. The summed E-state index contributed by atoms with van der Waals surface area (Å²) in [6, 6.07) is -3.16. The van der Waals surface area contributed by atoms with E-state index in [1.54, 1.807) is 24.0 Å². The number of aromatic hydroxyl groups is 2. The quantitative estimate of drug-likeness (QED) is 0.0167. The fraction of sp³-hybridized carbons (Fsp3) is 0.552. The number of Topliss-reactive ketones (excluding diaryl/α,β-unsaturated/α-hetero) is 5. The van der Waals surface area contributed by atoms with E-state index < -0.39 is 174 Å². The Labute approximate surface area is 559 Å². The molecule has 1 unspecified atom stereocenters. The zero-order chi connectivity index (χ0) is 69.6. The van der Waals surface area contributed by atoms with Gasteiger partial charge in [-0.2, -0.15) is 50.5 Å². The Morgan fingerprint density at radius 2 is 1.11 bits per heavy atom. The number of aliphatic hydroxyl groups is 1. The maximum absolute atomic E-state index is 13.8. The molecule has 0 radical (unpaired) electrons. The summed E-state index contributed by atoms with van der Waals surface area (Å²) in [5.74, 6) is -14.2. The van der Waals surface area contributed by atoms with Crippen molar-refractivity contribution in [2.24, 2.45) is 11.5 Å². The fourth-order valence-corrected chi connectivity index (χ4v) is 10.3. The number of ketones is 5. The van der Waals surface area contributed by atoms with E-state index in [1.807, 2.05) is 0 Å². The molecule has 93 heavy (non-hydrogen) atoms. The van der Waals surface area contributed by atoms with Crippen LogP contribution in [0.1, 0.15) is 64.0 Å². The molecule has 1 fully saturated rings. The largest absolute Gasteiger partial charge is 0.508 e. The van der Waals surface area contributed by atoms with Crippen molar-refractivity contribution in [3.63, 3.8) is 0 Å². The molecule has 514 valence electrons. The van der Waals surface area contributed by atoms with Crippen LogP contribution in [0, 0.1) is 0 Å². The number of nitrogens with two attached hydrogens (primary N) is 2. The van der Waals surface area contributed by atoms with E-state index in [-0.39, 0.29) is 79.9 Å². The monoisotopic (exact) mass is 1380 g/mol. The molecule has 0 bridgehead atoms. The maximum Gasteiger partial charge on any atom is 0.305 e. The van der Waals surface area contributed by atoms with Crippen LogP contribution >= 0.6 is 50.5 Å². The van der Waals surface area contributed by atoms with Crippen LogP contribution in [0.15, 0.2) is 48.5 Å². The first-order valence-corrected chi connectivity index (χ1v) is 32.1. The number of esters is 1. The van der Waals surface area contributed by atoms with E-state index in [4.69, 9.17) is 16.2 Å². The number of thiol groups is 4. The smallest absolute Gasteiger partial charge is 0.305 e. The zero-order valence-electron chi connectivity index (χ0n) is 51.7. The minimum Gasteiger partial charge on any atom is -0.508 e. The number of carbonyl (C=O) groups is 14. The van der Waals surface area contributed by atoms with Gasteiger partial charge in [0.1, 0.15) is 41.7 Å². The lowest BCUT2D eigenvalue weighted by Gasteiger charge is -2.28. The predicted molar refractivity (Wildman–Crippen MR) is 350 cm³/mol. The summed E-state index contributed by atoms with van der Waals surface area (Å²) < 4.78 is 4.93. The van der Waals surface area contributed by atoms with E-state index in [1.165, 1.54) is 50.4 Å². The summed E-state index contributed by atoms with van der Waals surface area (Å²) in [5, 5.41) is 54.9. The van der Waals surface area contributed by atoms with Gasteiger partial charge in [-0.05, 0) is 88.9 Å². The highest BCUT2D eigenvalue weighted by Crippen LogP contribution is 2.18. The first kappa shape index (κ1) is 80.0. The molecule has 35 heteroatoms. The van der Waals surface area contributed by atoms with Gasteiger partial charge in [0.05, 0.1) is 68.5 Å². The maximum atomic E-state index is 13.8. The molecular formula is C58H85N13O18S4. The number of nitrogens with one attached hydrogen (secondary N) is 10. The first-order chi connectivity index (χ1) is 44.0. The van der Waals surface area contributed by atoms with Crippen LogP contribution in [-0.2, 0) is 84.7 Å². The third-order valence-electron chi connectivity index (χ3n) is 14.6. The van der Waals surface area contributed by atoms with Crippen LogP contribution in [0.5, 0.6) is 11.5 Å². The second-order valence-electron chi connectivity index (χ2n) is 21.7. The van der Waals surface area contributed by atoms with Crippen molar-refractivity contribution in [1.29, 1.82) is 0 Å². The van der Waals surface area contributed by atoms with Crippen molar-refractivity contribution >= 4 is 133 Å². The molecule has 17 N–H and O–H groups in total. The van der Waals surface area contributed by atoms with E-state index in [2.05, 4.69) is 104 Å². The lowest BCUT2D eigenvalue weighted by Crippen LogP contribution is -2.60. The zero-order valence-corrected chi connectivity index (χ0v) is 55.3. The number of carbonyl (C=O) groups excluding carboxylic acids is 14. The summed E-state index contributed by atoms with van der Waals surface area (Å²) in [5.41, 5.74) is 12.5. The van der Waals surface area contributed by atoms with Gasteiger partial charge in [-0.3, -0.25) is 82.7 Å². The molecule has 1 saturated heterocycles. The third kappa shape index (κ3) is 26.6. The molecular weight excluding hydrogens is 1290 g/mol. The van der Waals surface area contributed by atoms with Gasteiger partial charge in [0, 0.05) is 49.1 Å². The predicted octanol–water partition coefficient (Wildman–Crippen LogP) is -5.65. The topological polar surface area (TPSA) is 484 Å². The van der Waals surface area contributed by atoms with Crippen molar-refractivity contribution in [3.05, 3.63) is 59.7 Å². The minimum absolute atomic E-state index is 0.0164. The molecule has 1 aliphatic heterocycles. The van der Waals surface area contributed by atoms with Crippen LogP contribution in [0.3, 0.4) is 0 Å². The highest BCUT2D eigenvalue weighted by atomic mass is 32.1. The summed E-state index contributed by atoms with van der Waals surface area (Å²) in [4.78, 5) is 187. The number of hydrogen-bond acceptors (Lipinski definition) is 27. The molecule has 8 amide bonds. The second-order valence-corrected chi connectivity index (χ2v) is 23.1. The van der Waals surface area contributed by atoms with E-state index in [0.29, 0.717) is 24.1 Å². The van der Waals surface area contributed by atoms with Gasteiger partial charge >= 0.3 is 5.97 Å². The molecule has 0 spiro atoms. The summed E-state index contributed by atoms with van der Waals surface area (Å²) >= 11 is 16.6. The number of hydrogen-bond donors (Lipinski definition) is 19. The number of primary amides is 1. The highest BCUT2D eigenvalue weighted by Gasteiger charge is 2.39. The van der Waals surface area contributed by atoms with Crippen LogP contribution in [-0.4, -0.2) is 238 Å². The van der Waals surface area contributed by atoms with Gasteiger partial charge in [-0.25, -0.2) is 0 Å². The van der Waals surface area contributed by atoms with Crippen LogP contribution in [0.25, 0.3) is 0 Å². The lowest BCUT2D eigenvalue weighted by molar-refractivity contribution is -0.144.